The fraction of sp³-hybridized carbons (Fsp3) is 0.455. The second-order valence-corrected chi connectivity index (χ2v) is 4.02. The van der Waals surface area contributed by atoms with E-state index in [4.69, 9.17) is 15.6 Å². The van der Waals surface area contributed by atoms with Crippen molar-refractivity contribution >= 4 is 5.82 Å². The number of aliphatic hydroxyl groups excluding tert-OH is 2. The maximum atomic E-state index is 11.6. The first-order valence-electron chi connectivity index (χ1n) is 5.56. The molecule has 0 aromatic carbocycles. The third-order valence-corrected chi connectivity index (χ3v) is 2.83. The highest BCUT2D eigenvalue weighted by Crippen LogP contribution is 2.23. The Balaban J connectivity index is 2.27. The summed E-state index contributed by atoms with van der Waals surface area (Å²) in [6.45, 7) is -0.355. The third-order valence-electron chi connectivity index (χ3n) is 2.83. The molecule has 1 aromatic heterocycles. The van der Waals surface area contributed by atoms with Crippen LogP contribution < -0.4 is 11.4 Å². The monoisotopic (exact) mass is 253 g/mol. The molecule has 0 unspecified atom stereocenters. The van der Waals surface area contributed by atoms with Crippen molar-refractivity contribution in [3.05, 3.63) is 34.9 Å². The summed E-state index contributed by atoms with van der Waals surface area (Å²) in [5.74, 6) is -0.133. The van der Waals surface area contributed by atoms with Gasteiger partial charge in [0.15, 0.2) is 6.23 Å². The molecule has 7 nitrogen and oxygen atoms in total. The molecule has 4 N–H and O–H groups in total. The average Bonchev–Trinajstić information content (AvgIpc) is 2.38. The molecule has 1 aliphatic rings. The minimum absolute atomic E-state index is 0.122. The number of rotatable bonds is 3. The molecule has 1 aromatic rings. The van der Waals surface area contributed by atoms with Gasteiger partial charge in [0.1, 0.15) is 5.82 Å². The highest BCUT2D eigenvalue weighted by molar-refractivity contribution is 5.23. The van der Waals surface area contributed by atoms with Crippen molar-refractivity contribution in [3.63, 3.8) is 0 Å². The van der Waals surface area contributed by atoms with Gasteiger partial charge in [-0.15, -0.1) is 0 Å². The molecular weight excluding hydrogens is 238 g/mol. The van der Waals surface area contributed by atoms with Crippen LogP contribution >= 0.6 is 0 Å². The Bertz CT molecular complexity index is 499. The van der Waals surface area contributed by atoms with Gasteiger partial charge in [-0.25, -0.2) is 4.79 Å². The van der Waals surface area contributed by atoms with Gasteiger partial charge >= 0.3 is 5.69 Å². The molecule has 0 bridgehead atoms. The normalized spacial score (nSPS) is 27.3. The standard InChI is InChI=1S/C11H15N3O4/c12-9-3-4-14(11(17)13-9)10-2-1-7(5-15)8(6-16)18-10/h1-4,7-8,10,15-16H,5-6H2,(H2,12,13,17)/t7-,8-,10+/m1/s1. The van der Waals surface area contributed by atoms with E-state index < -0.39 is 18.0 Å². The first-order valence-corrected chi connectivity index (χ1v) is 5.56. The van der Waals surface area contributed by atoms with Gasteiger partial charge < -0.3 is 20.7 Å². The molecule has 0 saturated heterocycles. The van der Waals surface area contributed by atoms with Gasteiger partial charge in [0.05, 0.1) is 19.3 Å². The van der Waals surface area contributed by atoms with Crippen molar-refractivity contribution in [2.45, 2.75) is 12.3 Å². The van der Waals surface area contributed by atoms with E-state index in [0.29, 0.717) is 0 Å². The molecule has 1 aliphatic heterocycles. The van der Waals surface area contributed by atoms with Gasteiger partial charge in [0.2, 0.25) is 0 Å². The molecule has 3 atom stereocenters. The number of aliphatic hydroxyl groups is 2. The van der Waals surface area contributed by atoms with E-state index in [-0.39, 0.29) is 24.9 Å². The molecule has 2 rings (SSSR count). The molecule has 18 heavy (non-hydrogen) atoms. The lowest BCUT2D eigenvalue weighted by atomic mass is 10.0. The van der Waals surface area contributed by atoms with E-state index in [0.717, 1.165) is 0 Å². The van der Waals surface area contributed by atoms with Crippen molar-refractivity contribution in [3.8, 4) is 0 Å². The van der Waals surface area contributed by atoms with Crippen LogP contribution in [0.25, 0.3) is 0 Å². The summed E-state index contributed by atoms with van der Waals surface area (Å²) in [6, 6.07) is 1.49. The van der Waals surface area contributed by atoms with Crippen molar-refractivity contribution in [1.82, 2.24) is 9.55 Å². The molecule has 7 heteroatoms. The van der Waals surface area contributed by atoms with Crippen LogP contribution in [0.3, 0.4) is 0 Å². The maximum Gasteiger partial charge on any atom is 0.351 e. The van der Waals surface area contributed by atoms with Crippen LogP contribution in [0.1, 0.15) is 6.23 Å². The lowest BCUT2D eigenvalue weighted by Crippen LogP contribution is -2.38. The van der Waals surface area contributed by atoms with Crippen LogP contribution in [0.15, 0.2) is 29.2 Å². The quantitative estimate of drug-likeness (QED) is 0.588. The zero-order valence-corrected chi connectivity index (χ0v) is 9.64. The maximum absolute atomic E-state index is 11.6. The molecule has 0 saturated carbocycles. The van der Waals surface area contributed by atoms with Crippen LogP contribution in [-0.2, 0) is 4.74 Å². The first kappa shape index (κ1) is 12.7. The van der Waals surface area contributed by atoms with Crippen molar-refractivity contribution in [1.29, 1.82) is 0 Å². The number of aromatic nitrogens is 2. The minimum atomic E-state index is -0.648. The smallest absolute Gasteiger partial charge is 0.351 e. The van der Waals surface area contributed by atoms with Crippen LogP contribution in [-0.4, -0.2) is 39.1 Å². The van der Waals surface area contributed by atoms with Crippen LogP contribution in [0, 0.1) is 5.92 Å². The van der Waals surface area contributed by atoms with E-state index in [1.54, 1.807) is 12.2 Å². The number of anilines is 1. The van der Waals surface area contributed by atoms with Crippen molar-refractivity contribution in [2.24, 2.45) is 5.92 Å². The Hall–Kier alpha value is -1.70. The van der Waals surface area contributed by atoms with Crippen molar-refractivity contribution < 1.29 is 14.9 Å². The van der Waals surface area contributed by atoms with E-state index >= 15 is 0 Å². The first-order chi connectivity index (χ1) is 8.65. The Kier molecular flexibility index (Phi) is 3.75. The summed E-state index contributed by atoms with van der Waals surface area (Å²) in [5.41, 5.74) is 4.87. The Morgan fingerprint density at radius 1 is 1.39 bits per heavy atom. The van der Waals surface area contributed by atoms with Gasteiger partial charge in [0.25, 0.3) is 0 Å². The Labute approximate surface area is 103 Å². The number of nitrogen functional groups attached to an aromatic ring is 1. The lowest BCUT2D eigenvalue weighted by Gasteiger charge is -2.30. The number of hydrogen-bond donors (Lipinski definition) is 3. The largest absolute Gasteiger partial charge is 0.396 e. The SMILES string of the molecule is Nc1ccn([C@@H]2C=C[C@H](CO)[C@@H](CO)O2)c(=O)n1. The number of hydrogen-bond acceptors (Lipinski definition) is 6. The van der Waals surface area contributed by atoms with Gasteiger partial charge in [0, 0.05) is 12.1 Å². The molecule has 2 heterocycles. The predicted octanol–water partition coefficient (Wildman–Crippen LogP) is -1.12. The topological polar surface area (TPSA) is 111 Å². The van der Waals surface area contributed by atoms with Gasteiger partial charge in [-0.1, -0.05) is 6.08 Å². The summed E-state index contributed by atoms with van der Waals surface area (Å²) in [5, 5.41) is 18.3. The third kappa shape index (κ3) is 2.42. The molecular formula is C11H15N3O4. The zero-order chi connectivity index (χ0) is 13.1. The summed E-state index contributed by atoms with van der Waals surface area (Å²) in [7, 11) is 0. The highest BCUT2D eigenvalue weighted by atomic mass is 16.5. The summed E-state index contributed by atoms with van der Waals surface area (Å²) < 4.78 is 6.80. The summed E-state index contributed by atoms with van der Waals surface area (Å²) in [6.07, 6.45) is 3.65. The number of ether oxygens (including phenoxy) is 1. The predicted molar refractivity (Wildman–Crippen MR) is 63.6 cm³/mol. The Morgan fingerprint density at radius 3 is 2.78 bits per heavy atom. The van der Waals surface area contributed by atoms with Crippen LogP contribution in [0.5, 0.6) is 0 Å². The van der Waals surface area contributed by atoms with Crippen LogP contribution in [0.2, 0.25) is 0 Å². The molecule has 0 radical (unpaired) electrons. The van der Waals surface area contributed by atoms with Crippen LogP contribution in [0.4, 0.5) is 5.82 Å². The van der Waals surface area contributed by atoms with Crippen molar-refractivity contribution in [2.75, 3.05) is 18.9 Å². The zero-order valence-electron chi connectivity index (χ0n) is 9.64. The second-order valence-electron chi connectivity index (χ2n) is 4.02. The summed E-state index contributed by atoms with van der Waals surface area (Å²) >= 11 is 0. The lowest BCUT2D eigenvalue weighted by molar-refractivity contribution is -0.0885. The number of nitrogens with two attached hydrogens (primary N) is 1. The summed E-state index contributed by atoms with van der Waals surface area (Å²) in [4.78, 5) is 15.2. The number of nitrogens with zero attached hydrogens (tertiary/aromatic N) is 2. The molecule has 0 fully saturated rings. The van der Waals surface area contributed by atoms with Gasteiger partial charge in [-0.2, -0.15) is 4.98 Å². The molecule has 98 valence electrons. The second kappa shape index (κ2) is 5.30. The van der Waals surface area contributed by atoms with Gasteiger partial charge in [-0.3, -0.25) is 4.57 Å². The van der Waals surface area contributed by atoms with E-state index in [1.807, 2.05) is 0 Å². The fourth-order valence-corrected chi connectivity index (χ4v) is 1.82. The molecule has 0 aliphatic carbocycles. The Morgan fingerprint density at radius 2 is 2.17 bits per heavy atom. The highest BCUT2D eigenvalue weighted by Gasteiger charge is 2.27. The average molecular weight is 253 g/mol. The van der Waals surface area contributed by atoms with E-state index in [9.17, 15) is 9.90 Å². The minimum Gasteiger partial charge on any atom is -0.396 e. The van der Waals surface area contributed by atoms with Gasteiger partial charge in [-0.05, 0) is 12.1 Å². The van der Waals surface area contributed by atoms with E-state index in [2.05, 4.69) is 4.98 Å². The molecule has 0 spiro atoms. The van der Waals surface area contributed by atoms with E-state index in [1.165, 1.54) is 16.8 Å². The fourth-order valence-electron chi connectivity index (χ4n) is 1.82. The molecule has 0 amide bonds.